The third-order valence-corrected chi connectivity index (χ3v) is 4.22. The molecule has 0 spiro atoms. The van der Waals surface area contributed by atoms with Crippen molar-refractivity contribution in [3.63, 3.8) is 0 Å². The first-order valence-electron chi connectivity index (χ1n) is 6.94. The van der Waals surface area contributed by atoms with Gasteiger partial charge >= 0.3 is 0 Å². The number of aromatic nitrogens is 2. The number of carbonyl (C=O) groups is 2. The third-order valence-electron chi connectivity index (χ3n) is 3.24. The standard InChI is InChI=1S/C13H20N4O2S/c1-3-11-15-16-13(20-11)14-10(18)6-7-12(19)17(2)8-9-4-5-9/h9H,3-8H2,1-2H3,(H,14,16,18). The maximum Gasteiger partial charge on any atom is 0.226 e. The summed E-state index contributed by atoms with van der Waals surface area (Å²) in [6.45, 7) is 2.80. The molecule has 0 atom stereocenters. The number of rotatable bonds is 7. The topological polar surface area (TPSA) is 75.2 Å². The lowest BCUT2D eigenvalue weighted by atomic mass is 10.2. The highest BCUT2D eigenvalue weighted by Crippen LogP contribution is 2.29. The van der Waals surface area contributed by atoms with Crippen molar-refractivity contribution < 1.29 is 9.59 Å². The SMILES string of the molecule is CCc1nnc(NC(=O)CCC(=O)N(C)CC2CC2)s1. The molecule has 1 fully saturated rings. The maximum atomic E-state index is 11.8. The molecule has 2 amide bonds. The summed E-state index contributed by atoms with van der Waals surface area (Å²) in [6.07, 6.45) is 3.67. The summed E-state index contributed by atoms with van der Waals surface area (Å²) in [4.78, 5) is 25.3. The van der Waals surface area contributed by atoms with Gasteiger partial charge in [0.1, 0.15) is 5.01 Å². The Kier molecular flexibility index (Phi) is 5.05. The van der Waals surface area contributed by atoms with Gasteiger partial charge in [-0.3, -0.25) is 9.59 Å². The third kappa shape index (κ3) is 4.56. The molecule has 1 aromatic rings. The largest absolute Gasteiger partial charge is 0.345 e. The smallest absolute Gasteiger partial charge is 0.226 e. The molecule has 1 aliphatic carbocycles. The van der Waals surface area contributed by atoms with Crippen molar-refractivity contribution in [2.45, 2.75) is 39.0 Å². The van der Waals surface area contributed by atoms with E-state index in [-0.39, 0.29) is 24.7 Å². The Hall–Kier alpha value is -1.50. The van der Waals surface area contributed by atoms with E-state index in [4.69, 9.17) is 0 Å². The zero-order chi connectivity index (χ0) is 14.5. The van der Waals surface area contributed by atoms with E-state index in [1.54, 1.807) is 11.9 Å². The van der Waals surface area contributed by atoms with Gasteiger partial charge < -0.3 is 10.2 Å². The van der Waals surface area contributed by atoms with Crippen LogP contribution in [-0.2, 0) is 16.0 Å². The predicted octanol–water partition coefficient (Wildman–Crippen LogP) is 1.69. The van der Waals surface area contributed by atoms with Crippen LogP contribution in [0.1, 0.15) is 37.6 Å². The second-order valence-electron chi connectivity index (χ2n) is 5.12. The Morgan fingerprint density at radius 1 is 1.35 bits per heavy atom. The van der Waals surface area contributed by atoms with Crippen LogP contribution < -0.4 is 5.32 Å². The molecule has 0 aliphatic heterocycles. The van der Waals surface area contributed by atoms with Crippen LogP contribution in [0.25, 0.3) is 0 Å². The van der Waals surface area contributed by atoms with Gasteiger partial charge in [0.25, 0.3) is 0 Å². The number of anilines is 1. The number of amides is 2. The lowest BCUT2D eigenvalue weighted by Gasteiger charge is -2.16. The van der Waals surface area contributed by atoms with E-state index in [9.17, 15) is 9.59 Å². The summed E-state index contributed by atoms with van der Waals surface area (Å²) < 4.78 is 0. The molecule has 2 rings (SSSR count). The van der Waals surface area contributed by atoms with Gasteiger partial charge in [-0.25, -0.2) is 0 Å². The van der Waals surface area contributed by atoms with Gasteiger partial charge in [-0.15, -0.1) is 10.2 Å². The van der Waals surface area contributed by atoms with Gasteiger partial charge in [0.2, 0.25) is 16.9 Å². The first kappa shape index (κ1) is 14.9. The molecule has 6 nitrogen and oxygen atoms in total. The molecular formula is C13H20N4O2S. The van der Waals surface area contributed by atoms with Crippen molar-refractivity contribution in [2.24, 2.45) is 5.92 Å². The van der Waals surface area contributed by atoms with Gasteiger partial charge in [-0.1, -0.05) is 18.3 Å². The minimum absolute atomic E-state index is 0.0264. The van der Waals surface area contributed by atoms with Gasteiger partial charge in [0.15, 0.2) is 0 Å². The zero-order valence-corrected chi connectivity index (χ0v) is 12.7. The monoisotopic (exact) mass is 296 g/mol. The normalized spacial score (nSPS) is 14.1. The summed E-state index contributed by atoms with van der Waals surface area (Å²) in [6, 6.07) is 0. The fourth-order valence-corrected chi connectivity index (χ4v) is 2.53. The molecule has 0 unspecified atom stereocenters. The Morgan fingerprint density at radius 3 is 2.70 bits per heavy atom. The number of aryl methyl sites for hydroxylation is 1. The van der Waals surface area contributed by atoms with Gasteiger partial charge in [0, 0.05) is 26.4 Å². The van der Waals surface area contributed by atoms with Crippen LogP contribution in [0.5, 0.6) is 0 Å². The Balaban J connectivity index is 1.69. The fourth-order valence-electron chi connectivity index (χ4n) is 1.83. The minimum Gasteiger partial charge on any atom is -0.345 e. The second-order valence-corrected chi connectivity index (χ2v) is 6.18. The highest BCUT2D eigenvalue weighted by atomic mass is 32.1. The zero-order valence-electron chi connectivity index (χ0n) is 11.9. The van der Waals surface area contributed by atoms with Gasteiger partial charge in [-0.2, -0.15) is 0 Å². The average Bonchev–Trinajstić information content (AvgIpc) is 3.12. The average molecular weight is 296 g/mol. The van der Waals surface area contributed by atoms with E-state index >= 15 is 0 Å². The molecule has 1 heterocycles. The molecule has 1 aliphatic rings. The lowest BCUT2D eigenvalue weighted by molar-refractivity contribution is -0.131. The van der Waals surface area contributed by atoms with Crippen LogP contribution in [0.3, 0.4) is 0 Å². The van der Waals surface area contributed by atoms with Gasteiger partial charge in [0.05, 0.1) is 0 Å². The maximum absolute atomic E-state index is 11.8. The van der Waals surface area contributed by atoms with Crippen molar-refractivity contribution >= 4 is 28.3 Å². The number of hydrogen-bond donors (Lipinski definition) is 1. The second kappa shape index (κ2) is 6.78. The van der Waals surface area contributed by atoms with Crippen molar-refractivity contribution in [3.05, 3.63) is 5.01 Å². The molecular weight excluding hydrogens is 276 g/mol. The quantitative estimate of drug-likeness (QED) is 0.831. The summed E-state index contributed by atoms with van der Waals surface area (Å²) in [5.41, 5.74) is 0. The predicted molar refractivity (Wildman–Crippen MR) is 77.5 cm³/mol. The first-order valence-corrected chi connectivity index (χ1v) is 7.76. The molecule has 0 saturated heterocycles. The summed E-state index contributed by atoms with van der Waals surface area (Å²) in [7, 11) is 1.80. The van der Waals surface area contributed by atoms with E-state index in [0.717, 1.165) is 18.0 Å². The molecule has 110 valence electrons. The molecule has 0 bridgehead atoms. The molecule has 7 heteroatoms. The van der Waals surface area contributed by atoms with Crippen LogP contribution in [0.15, 0.2) is 0 Å². The Bertz CT molecular complexity index is 484. The van der Waals surface area contributed by atoms with E-state index in [1.807, 2.05) is 6.92 Å². The number of hydrogen-bond acceptors (Lipinski definition) is 5. The van der Waals surface area contributed by atoms with E-state index in [1.165, 1.54) is 24.2 Å². The number of nitrogens with zero attached hydrogens (tertiary/aromatic N) is 3. The summed E-state index contributed by atoms with van der Waals surface area (Å²) in [5, 5.41) is 11.9. The van der Waals surface area contributed by atoms with Crippen LogP contribution in [0.2, 0.25) is 0 Å². The first-order chi connectivity index (χ1) is 9.58. The molecule has 20 heavy (non-hydrogen) atoms. The molecule has 0 radical (unpaired) electrons. The Labute approximate surface area is 122 Å². The van der Waals surface area contributed by atoms with E-state index in [0.29, 0.717) is 11.0 Å². The summed E-state index contributed by atoms with van der Waals surface area (Å²) in [5.74, 6) is 0.516. The number of nitrogens with one attached hydrogen (secondary N) is 1. The molecule has 1 aromatic heterocycles. The van der Waals surface area contributed by atoms with Crippen LogP contribution in [-0.4, -0.2) is 40.5 Å². The van der Waals surface area contributed by atoms with Crippen LogP contribution in [0.4, 0.5) is 5.13 Å². The van der Waals surface area contributed by atoms with Crippen molar-refractivity contribution in [1.82, 2.24) is 15.1 Å². The highest BCUT2D eigenvalue weighted by Gasteiger charge is 2.24. The van der Waals surface area contributed by atoms with Crippen molar-refractivity contribution in [3.8, 4) is 0 Å². The Morgan fingerprint density at radius 2 is 2.10 bits per heavy atom. The van der Waals surface area contributed by atoms with Gasteiger partial charge in [-0.05, 0) is 25.2 Å². The van der Waals surface area contributed by atoms with Crippen LogP contribution in [0, 0.1) is 5.92 Å². The minimum atomic E-state index is -0.183. The fraction of sp³-hybridized carbons (Fsp3) is 0.692. The number of carbonyl (C=O) groups excluding carboxylic acids is 2. The highest BCUT2D eigenvalue weighted by molar-refractivity contribution is 7.15. The lowest BCUT2D eigenvalue weighted by Crippen LogP contribution is -2.29. The molecule has 1 saturated carbocycles. The molecule has 1 N–H and O–H groups in total. The molecule has 0 aromatic carbocycles. The summed E-state index contributed by atoms with van der Waals surface area (Å²) >= 11 is 1.37. The van der Waals surface area contributed by atoms with Crippen LogP contribution >= 0.6 is 11.3 Å². The van der Waals surface area contributed by atoms with E-state index in [2.05, 4.69) is 15.5 Å². The van der Waals surface area contributed by atoms with Crippen molar-refractivity contribution in [1.29, 1.82) is 0 Å². The van der Waals surface area contributed by atoms with E-state index < -0.39 is 0 Å². The van der Waals surface area contributed by atoms with Crippen molar-refractivity contribution in [2.75, 3.05) is 18.9 Å².